The Morgan fingerprint density at radius 2 is 1.89 bits per heavy atom. The number of hydrogen-bond donors (Lipinski definition) is 0. The van der Waals surface area contributed by atoms with Crippen molar-refractivity contribution in [3.05, 3.63) is 53.3 Å². The van der Waals surface area contributed by atoms with Crippen molar-refractivity contribution in [1.29, 1.82) is 0 Å². The number of hydrogen-bond acceptors (Lipinski definition) is 3. The van der Waals surface area contributed by atoms with Crippen molar-refractivity contribution in [2.75, 3.05) is 32.8 Å². The van der Waals surface area contributed by atoms with Crippen molar-refractivity contribution in [1.82, 2.24) is 14.4 Å². The Kier molecular flexibility index (Phi) is 4.88. The van der Waals surface area contributed by atoms with Crippen molar-refractivity contribution < 1.29 is 14.3 Å². The van der Waals surface area contributed by atoms with Crippen LogP contribution in [-0.4, -0.2) is 59.0 Å². The van der Waals surface area contributed by atoms with Gasteiger partial charge in [0.15, 0.2) is 0 Å². The minimum Gasteiger partial charge on any atom is -0.493 e. The molecule has 2 aliphatic heterocycles. The monoisotopic (exact) mass is 367 g/mol. The number of amides is 2. The number of carbonyl (C=O) groups is 2. The van der Waals surface area contributed by atoms with Crippen LogP contribution in [0.1, 0.15) is 27.9 Å². The molecule has 2 aromatic rings. The molecule has 142 valence electrons. The number of aryl methyl sites for hydroxylation is 1. The van der Waals surface area contributed by atoms with E-state index in [-0.39, 0.29) is 11.8 Å². The summed E-state index contributed by atoms with van der Waals surface area (Å²) < 4.78 is 7.47. The second-order valence-electron chi connectivity index (χ2n) is 7.31. The molecule has 2 aliphatic rings. The van der Waals surface area contributed by atoms with Gasteiger partial charge in [-0.15, -0.1) is 0 Å². The highest BCUT2D eigenvalue weighted by Crippen LogP contribution is 2.26. The Labute approximate surface area is 159 Å². The van der Waals surface area contributed by atoms with Crippen LogP contribution in [-0.2, 0) is 24.7 Å². The van der Waals surface area contributed by atoms with Crippen molar-refractivity contribution in [3.63, 3.8) is 0 Å². The summed E-state index contributed by atoms with van der Waals surface area (Å²) in [5, 5.41) is 0. The van der Waals surface area contributed by atoms with Crippen LogP contribution >= 0.6 is 0 Å². The van der Waals surface area contributed by atoms with Gasteiger partial charge in [-0.2, -0.15) is 0 Å². The highest BCUT2D eigenvalue weighted by molar-refractivity contribution is 5.94. The molecule has 0 saturated carbocycles. The summed E-state index contributed by atoms with van der Waals surface area (Å²) in [4.78, 5) is 29.3. The number of carbonyl (C=O) groups excluding carboxylic acids is 2. The molecule has 0 bridgehead atoms. The molecule has 3 heterocycles. The average Bonchev–Trinajstić information content (AvgIpc) is 3.21. The third-order valence-electron chi connectivity index (χ3n) is 5.32. The van der Waals surface area contributed by atoms with Gasteiger partial charge in [0.25, 0.3) is 5.91 Å². The lowest BCUT2D eigenvalue weighted by Gasteiger charge is -2.22. The van der Waals surface area contributed by atoms with E-state index in [9.17, 15) is 9.59 Å². The first-order valence-electron chi connectivity index (χ1n) is 9.54. The summed E-state index contributed by atoms with van der Waals surface area (Å²) in [5.41, 5.74) is 2.85. The molecule has 1 saturated heterocycles. The molecule has 0 aliphatic carbocycles. The third-order valence-corrected chi connectivity index (χ3v) is 5.32. The number of fused-ring (bicyclic) bond motifs is 1. The molecule has 1 fully saturated rings. The van der Waals surface area contributed by atoms with E-state index in [1.54, 1.807) is 0 Å². The van der Waals surface area contributed by atoms with E-state index in [0.717, 1.165) is 29.7 Å². The zero-order chi connectivity index (χ0) is 18.8. The molecule has 0 radical (unpaired) electrons. The minimum atomic E-state index is 0.0436. The molecular weight excluding hydrogens is 342 g/mol. The fraction of sp³-hybridized carbons (Fsp3) is 0.429. The topological polar surface area (TPSA) is 54.8 Å². The van der Waals surface area contributed by atoms with E-state index in [2.05, 4.69) is 0 Å². The molecule has 6 heteroatoms. The number of nitrogens with zero attached hydrogens (tertiary/aromatic N) is 3. The number of benzene rings is 1. The lowest BCUT2D eigenvalue weighted by Crippen LogP contribution is -2.38. The molecule has 0 atom stereocenters. The molecule has 0 unspecified atom stereocenters. The van der Waals surface area contributed by atoms with Crippen molar-refractivity contribution in [2.45, 2.75) is 19.3 Å². The summed E-state index contributed by atoms with van der Waals surface area (Å²) in [6.45, 7) is 3.24. The molecule has 4 rings (SSSR count). The summed E-state index contributed by atoms with van der Waals surface area (Å²) in [7, 11) is 1.95. The van der Waals surface area contributed by atoms with E-state index in [1.807, 2.05) is 58.1 Å². The first-order valence-corrected chi connectivity index (χ1v) is 9.54. The maximum Gasteiger partial charge on any atom is 0.253 e. The van der Waals surface area contributed by atoms with Crippen LogP contribution in [0, 0.1) is 0 Å². The first-order chi connectivity index (χ1) is 13.1. The Hall–Kier alpha value is -2.76. The van der Waals surface area contributed by atoms with Crippen LogP contribution in [0.5, 0.6) is 5.75 Å². The lowest BCUT2D eigenvalue weighted by molar-refractivity contribution is -0.130. The molecule has 1 aromatic carbocycles. The van der Waals surface area contributed by atoms with E-state index in [1.165, 1.54) is 0 Å². The van der Waals surface area contributed by atoms with Crippen LogP contribution in [0.25, 0.3) is 0 Å². The largest absolute Gasteiger partial charge is 0.493 e. The lowest BCUT2D eigenvalue weighted by atomic mass is 10.1. The van der Waals surface area contributed by atoms with E-state index in [0.29, 0.717) is 44.8 Å². The van der Waals surface area contributed by atoms with Crippen LogP contribution < -0.4 is 4.74 Å². The Bertz CT molecular complexity index is 858. The summed E-state index contributed by atoms with van der Waals surface area (Å²) >= 11 is 0. The van der Waals surface area contributed by atoms with Gasteiger partial charge < -0.3 is 19.1 Å². The van der Waals surface area contributed by atoms with Gasteiger partial charge in [-0.05, 0) is 41.8 Å². The second-order valence-corrected chi connectivity index (χ2v) is 7.31. The smallest absolute Gasteiger partial charge is 0.253 e. The minimum absolute atomic E-state index is 0.0436. The maximum atomic E-state index is 12.9. The quantitative estimate of drug-likeness (QED) is 0.832. The van der Waals surface area contributed by atoms with Gasteiger partial charge in [-0.25, -0.2) is 0 Å². The molecule has 1 aromatic heterocycles. The zero-order valence-corrected chi connectivity index (χ0v) is 15.7. The second kappa shape index (κ2) is 7.47. The van der Waals surface area contributed by atoms with Gasteiger partial charge >= 0.3 is 0 Å². The average molecular weight is 367 g/mol. The fourth-order valence-corrected chi connectivity index (χ4v) is 3.82. The standard InChI is InChI=1S/C21H25N3O3/c1-22-9-5-16(15-22)13-20(25)23-7-2-8-24(11-10-23)21(26)18-3-4-19-17(14-18)6-12-27-19/h3-5,9,14-15H,2,6-8,10-13H2,1H3. The van der Waals surface area contributed by atoms with Crippen LogP contribution in [0.4, 0.5) is 0 Å². The van der Waals surface area contributed by atoms with Crippen molar-refractivity contribution >= 4 is 11.8 Å². The maximum absolute atomic E-state index is 12.9. The molecule has 0 N–H and O–H groups in total. The molecule has 27 heavy (non-hydrogen) atoms. The Morgan fingerprint density at radius 1 is 1.07 bits per heavy atom. The normalized spacial score (nSPS) is 16.6. The summed E-state index contributed by atoms with van der Waals surface area (Å²) in [6, 6.07) is 7.66. The predicted molar refractivity (Wildman–Crippen MR) is 102 cm³/mol. The SMILES string of the molecule is Cn1ccc(CC(=O)N2CCCN(C(=O)c3ccc4c(c3)CCO4)CC2)c1. The Balaban J connectivity index is 1.38. The highest BCUT2D eigenvalue weighted by Gasteiger charge is 2.24. The van der Waals surface area contributed by atoms with Gasteiger partial charge in [0.1, 0.15) is 5.75 Å². The van der Waals surface area contributed by atoms with E-state index in [4.69, 9.17) is 4.74 Å². The zero-order valence-electron chi connectivity index (χ0n) is 15.7. The van der Waals surface area contributed by atoms with Crippen LogP contribution in [0.15, 0.2) is 36.7 Å². The van der Waals surface area contributed by atoms with Gasteiger partial charge in [0, 0.05) is 57.6 Å². The fourth-order valence-electron chi connectivity index (χ4n) is 3.82. The first kappa shape index (κ1) is 17.6. The molecule has 6 nitrogen and oxygen atoms in total. The Morgan fingerprint density at radius 3 is 2.70 bits per heavy atom. The highest BCUT2D eigenvalue weighted by atomic mass is 16.5. The number of rotatable bonds is 3. The van der Waals surface area contributed by atoms with Crippen LogP contribution in [0.2, 0.25) is 0 Å². The third kappa shape index (κ3) is 3.84. The predicted octanol–water partition coefficient (Wildman–Crippen LogP) is 1.88. The molecular formula is C21H25N3O3. The number of ether oxygens (including phenoxy) is 1. The van der Waals surface area contributed by atoms with Gasteiger partial charge in [0.05, 0.1) is 13.0 Å². The van der Waals surface area contributed by atoms with Crippen molar-refractivity contribution in [2.24, 2.45) is 7.05 Å². The van der Waals surface area contributed by atoms with E-state index >= 15 is 0 Å². The van der Waals surface area contributed by atoms with Gasteiger partial charge in [-0.3, -0.25) is 9.59 Å². The summed E-state index contributed by atoms with van der Waals surface area (Å²) in [6.07, 6.45) is 6.01. The van der Waals surface area contributed by atoms with Gasteiger partial charge in [-0.1, -0.05) is 0 Å². The molecule has 0 spiro atoms. The summed E-state index contributed by atoms with van der Waals surface area (Å²) in [5.74, 6) is 1.06. The molecule has 2 amide bonds. The van der Waals surface area contributed by atoms with Gasteiger partial charge in [0.2, 0.25) is 5.91 Å². The number of aromatic nitrogens is 1. The van der Waals surface area contributed by atoms with E-state index < -0.39 is 0 Å². The van der Waals surface area contributed by atoms with Crippen LogP contribution in [0.3, 0.4) is 0 Å². The van der Waals surface area contributed by atoms with Crippen molar-refractivity contribution in [3.8, 4) is 5.75 Å².